The standard InChI is InChI=1S/C24H27N5O6S2/c1-25-37(33,34)35-18-9-17(22(31)23(18)32)29-24-16(10-26-12-28-24)21(30)19-8-14(11-36-19)20-15-5-3-2-4-13(15)6-7-27-20/h2-5,8,10-12,17-18,20,22-23,25,27,31-32H,6-7,9H2,1H3,(H,26,28,29)/t17-,18-,20+,22+,23+/m1/s1. The van der Waals surface area contributed by atoms with Gasteiger partial charge in [0.25, 0.3) is 0 Å². The predicted octanol–water partition coefficient (Wildman–Crippen LogP) is 0.760. The highest BCUT2D eigenvalue weighted by Crippen LogP contribution is 2.33. The third-order valence-corrected chi connectivity index (χ3v) is 8.64. The summed E-state index contributed by atoms with van der Waals surface area (Å²) in [6.45, 7) is 0.845. The maximum atomic E-state index is 13.5. The Bertz CT molecular complexity index is 1400. The average Bonchev–Trinajstić information content (AvgIpc) is 3.50. The molecule has 0 radical (unpaired) electrons. The summed E-state index contributed by atoms with van der Waals surface area (Å²) in [7, 11) is -2.89. The molecule has 37 heavy (non-hydrogen) atoms. The molecule has 2 aliphatic rings. The maximum absolute atomic E-state index is 13.5. The zero-order chi connectivity index (χ0) is 26.2. The lowest BCUT2D eigenvalue weighted by Crippen LogP contribution is -2.38. The van der Waals surface area contributed by atoms with Crippen molar-refractivity contribution in [3.63, 3.8) is 0 Å². The van der Waals surface area contributed by atoms with Crippen LogP contribution in [-0.4, -0.2) is 72.3 Å². The van der Waals surface area contributed by atoms with E-state index in [0.29, 0.717) is 4.88 Å². The Labute approximate surface area is 218 Å². The van der Waals surface area contributed by atoms with Crippen molar-refractivity contribution in [3.8, 4) is 0 Å². The van der Waals surface area contributed by atoms with E-state index in [-0.39, 0.29) is 29.6 Å². The lowest BCUT2D eigenvalue weighted by molar-refractivity contribution is -0.00882. The van der Waals surface area contributed by atoms with Crippen molar-refractivity contribution < 1.29 is 27.6 Å². The van der Waals surface area contributed by atoms with Crippen molar-refractivity contribution >= 4 is 33.2 Å². The molecule has 5 N–H and O–H groups in total. The number of carbonyl (C=O) groups is 1. The van der Waals surface area contributed by atoms with E-state index >= 15 is 0 Å². The molecule has 3 aromatic rings. The molecule has 13 heteroatoms. The van der Waals surface area contributed by atoms with Gasteiger partial charge < -0.3 is 20.8 Å². The summed E-state index contributed by atoms with van der Waals surface area (Å²) >= 11 is 1.33. The molecule has 1 aromatic carbocycles. The number of nitrogens with one attached hydrogen (secondary N) is 3. The normalized spacial score (nSPS) is 25.5. The number of aliphatic hydroxyl groups excluding tert-OH is 2. The Balaban J connectivity index is 1.35. The van der Waals surface area contributed by atoms with Crippen molar-refractivity contribution in [2.75, 3.05) is 18.9 Å². The lowest BCUT2D eigenvalue weighted by Gasteiger charge is -2.26. The number of rotatable bonds is 8. The van der Waals surface area contributed by atoms with Gasteiger partial charge in [-0.1, -0.05) is 24.3 Å². The first-order chi connectivity index (χ1) is 17.8. The molecule has 1 aliphatic heterocycles. The summed E-state index contributed by atoms with van der Waals surface area (Å²) in [5, 5.41) is 29.3. The van der Waals surface area contributed by atoms with Gasteiger partial charge in [-0.05, 0) is 34.6 Å². The molecule has 0 bridgehead atoms. The van der Waals surface area contributed by atoms with E-state index in [1.165, 1.54) is 42.0 Å². The summed E-state index contributed by atoms with van der Waals surface area (Å²) in [6.07, 6.45) is -0.393. The number of ketones is 1. The first-order valence-electron chi connectivity index (χ1n) is 11.8. The second-order valence-corrected chi connectivity index (χ2v) is 11.4. The third kappa shape index (κ3) is 5.29. The number of aliphatic hydroxyl groups is 2. The number of nitrogens with zero attached hydrogens (tertiary/aromatic N) is 2. The van der Waals surface area contributed by atoms with E-state index in [9.17, 15) is 23.4 Å². The number of hydrogen-bond donors (Lipinski definition) is 5. The molecule has 0 amide bonds. The van der Waals surface area contributed by atoms with Crippen molar-refractivity contribution in [1.29, 1.82) is 0 Å². The zero-order valence-electron chi connectivity index (χ0n) is 19.9. The van der Waals surface area contributed by atoms with Crippen LogP contribution in [0.15, 0.2) is 48.2 Å². The molecular weight excluding hydrogens is 518 g/mol. The van der Waals surface area contributed by atoms with Gasteiger partial charge in [0.15, 0.2) is 0 Å². The first kappa shape index (κ1) is 25.9. The molecular formula is C24H27N5O6S2. The van der Waals surface area contributed by atoms with Crippen LogP contribution in [-0.2, 0) is 20.9 Å². The summed E-state index contributed by atoms with van der Waals surface area (Å²) in [5.74, 6) is -0.119. The van der Waals surface area contributed by atoms with Gasteiger partial charge in [-0.25, -0.2) is 9.97 Å². The molecule has 0 saturated heterocycles. The van der Waals surface area contributed by atoms with Crippen molar-refractivity contribution in [1.82, 2.24) is 20.0 Å². The SMILES string of the molecule is CNS(=O)(=O)O[C@@H]1C[C@@H](Nc2ncncc2C(=O)c2cc([C@@H]3NCCc4ccccc43)cs2)[C@H](O)[C@H]1O. The molecule has 0 spiro atoms. The van der Waals surface area contributed by atoms with E-state index in [2.05, 4.69) is 32.7 Å². The second-order valence-electron chi connectivity index (χ2n) is 8.96. The fourth-order valence-corrected chi connectivity index (χ4v) is 6.28. The minimum absolute atomic E-state index is 0.00619. The van der Waals surface area contributed by atoms with E-state index < -0.39 is 34.7 Å². The third-order valence-electron chi connectivity index (χ3n) is 6.69. The summed E-state index contributed by atoms with van der Waals surface area (Å²) in [5.41, 5.74) is 3.67. The van der Waals surface area contributed by atoms with Gasteiger partial charge in [0.2, 0.25) is 5.78 Å². The van der Waals surface area contributed by atoms with Gasteiger partial charge in [-0.3, -0.25) is 8.98 Å². The number of thiophene rings is 1. The van der Waals surface area contributed by atoms with Crippen molar-refractivity contribution in [2.24, 2.45) is 0 Å². The minimum atomic E-state index is -4.07. The van der Waals surface area contributed by atoms with Gasteiger partial charge in [0, 0.05) is 26.2 Å². The smallest absolute Gasteiger partial charge is 0.335 e. The second kappa shape index (κ2) is 10.5. The highest BCUT2D eigenvalue weighted by Gasteiger charge is 2.44. The minimum Gasteiger partial charge on any atom is -0.388 e. The quantitative estimate of drug-likeness (QED) is 0.255. The highest BCUT2D eigenvalue weighted by atomic mass is 32.2. The molecule has 3 heterocycles. The molecule has 196 valence electrons. The molecule has 1 aliphatic carbocycles. The van der Waals surface area contributed by atoms with Gasteiger partial charge in [0.1, 0.15) is 30.5 Å². The first-order valence-corrected chi connectivity index (χ1v) is 14.0. The summed E-state index contributed by atoms with van der Waals surface area (Å²) in [6, 6.07) is 9.31. The number of hydrogen-bond acceptors (Lipinski definition) is 11. The van der Waals surface area contributed by atoms with Crippen LogP contribution in [0, 0.1) is 0 Å². The van der Waals surface area contributed by atoms with Crippen molar-refractivity contribution in [3.05, 3.63) is 75.4 Å². The van der Waals surface area contributed by atoms with Crippen LogP contribution >= 0.6 is 11.3 Å². The van der Waals surface area contributed by atoms with Gasteiger partial charge >= 0.3 is 10.3 Å². The summed E-state index contributed by atoms with van der Waals surface area (Å²) in [4.78, 5) is 22.1. The fraction of sp³-hybridized carbons (Fsp3) is 0.375. The van der Waals surface area contributed by atoms with Crippen LogP contribution in [0.4, 0.5) is 5.82 Å². The molecule has 11 nitrogen and oxygen atoms in total. The summed E-state index contributed by atoms with van der Waals surface area (Å²) < 4.78 is 30.4. The Hall–Kier alpha value is -2.78. The largest absolute Gasteiger partial charge is 0.388 e. The number of anilines is 1. The molecule has 5 rings (SSSR count). The average molecular weight is 546 g/mol. The molecule has 1 saturated carbocycles. The number of fused-ring (bicyclic) bond motifs is 1. The number of benzene rings is 1. The van der Waals surface area contributed by atoms with E-state index in [1.54, 1.807) is 0 Å². The van der Waals surface area contributed by atoms with Crippen molar-refractivity contribution in [2.45, 2.75) is 43.2 Å². The molecule has 1 fully saturated rings. The van der Waals surface area contributed by atoms with Crippen LogP contribution in [0.5, 0.6) is 0 Å². The Morgan fingerprint density at radius 1 is 1.24 bits per heavy atom. The van der Waals surface area contributed by atoms with Crippen LogP contribution in [0.1, 0.15) is 44.4 Å². The highest BCUT2D eigenvalue weighted by molar-refractivity contribution is 7.84. The van der Waals surface area contributed by atoms with Crippen LogP contribution in [0.2, 0.25) is 0 Å². The van der Waals surface area contributed by atoms with Gasteiger partial charge in [-0.15, -0.1) is 11.3 Å². The number of aromatic nitrogens is 2. The van der Waals surface area contributed by atoms with E-state index in [4.69, 9.17) is 4.18 Å². The zero-order valence-corrected chi connectivity index (χ0v) is 21.5. The lowest BCUT2D eigenvalue weighted by atomic mass is 9.91. The fourth-order valence-electron chi connectivity index (χ4n) is 4.78. The maximum Gasteiger partial charge on any atom is 0.335 e. The molecule has 5 atom stereocenters. The Kier molecular flexibility index (Phi) is 7.36. The monoisotopic (exact) mass is 545 g/mol. The Morgan fingerprint density at radius 3 is 2.86 bits per heavy atom. The molecule has 2 aromatic heterocycles. The van der Waals surface area contributed by atoms with Crippen LogP contribution in [0.3, 0.4) is 0 Å². The predicted molar refractivity (Wildman–Crippen MR) is 137 cm³/mol. The molecule has 0 unspecified atom stereocenters. The Morgan fingerprint density at radius 2 is 2.05 bits per heavy atom. The van der Waals surface area contributed by atoms with E-state index in [1.807, 2.05) is 28.3 Å². The van der Waals surface area contributed by atoms with Gasteiger partial charge in [0.05, 0.1) is 22.5 Å². The van der Waals surface area contributed by atoms with Gasteiger partial charge in [-0.2, -0.15) is 13.1 Å². The van der Waals surface area contributed by atoms with Crippen LogP contribution < -0.4 is 15.4 Å². The topological polar surface area (TPSA) is 163 Å². The van der Waals surface area contributed by atoms with E-state index in [0.717, 1.165) is 18.5 Å². The van der Waals surface area contributed by atoms with Crippen LogP contribution in [0.25, 0.3) is 0 Å². The number of carbonyl (C=O) groups excluding carboxylic acids is 1.